The number of nitrogens with zero attached hydrogens (tertiary/aromatic N) is 2. The van der Waals surface area contributed by atoms with Crippen LogP contribution in [0.1, 0.15) is 64.4 Å². The van der Waals surface area contributed by atoms with Crippen molar-refractivity contribution in [3.05, 3.63) is 52.3 Å². The van der Waals surface area contributed by atoms with Gasteiger partial charge in [0.15, 0.2) is 0 Å². The molecule has 1 aliphatic rings. The number of aromatic nitrogens is 2. The number of carbonyl (C=O) groups is 1. The van der Waals surface area contributed by atoms with E-state index in [1.807, 2.05) is 51.1 Å². The lowest BCUT2D eigenvalue weighted by Crippen LogP contribution is -2.36. The summed E-state index contributed by atoms with van der Waals surface area (Å²) in [5.74, 6) is 0.593. The number of nitrogens with one attached hydrogen (secondary N) is 2. The number of ether oxygens (including phenoxy) is 1. The molecule has 1 aliphatic heterocycles. The van der Waals surface area contributed by atoms with Gasteiger partial charge in [0, 0.05) is 17.5 Å². The second-order valence-corrected chi connectivity index (χ2v) is 9.86. The molecule has 2 heterocycles. The third-order valence-corrected chi connectivity index (χ3v) is 5.03. The summed E-state index contributed by atoms with van der Waals surface area (Å²) in [7, 11) is 0. The maximum absolute atomic E-state index is 10.4. The van der Waals surface area contributed by atoms with Crippen molar-refractivity contribution in [1.29, 1.82) is 0 Å². The van der Waals surface area contributed by atoms with Gasteiger partial charge in [-0.2, -0.15) is 0 Å². The lowest BCUT2D eigenvalue weighted by atomic mass is 10.0. The summed E-state index contributed by atoms with van der Waals surface area (Å²) in [5, 5.41) is 17.9. The molecule has 0 amide bonds. The molecule has 0 spiro atoms. The van der Waals surface area contributed by atoms with Crippen LogP contribution in [0.3, 0.4) is 0 Å². The predicted octanol–water partition coefficient (Wildman–Crippen LogP) is 4.07. The number of hydrogen-bond acceptors (Lipinski definition) is 7. The zero-order valence-corrected chi connectivity index (χ0v) is 20.4. The van der Waals surface area contributed by atoms with Crippen LogP contribution in [0.4, 0.5) is 5.95 Å². The largest absolute Gasteiger partial charge is 0.462 e. The first-order chi connectivity index (χ1) is 15.0. The van der Waals surface area contributed by atoms with Crippen LogP contribution in [0.25, 0.3) is 0 Å². The van der Waals surface area contributed by atoms with Crippen LogP contribution in [-0.4, -0.2) is 46.3 Å². The molecule has 3 N–H and O–H groups in total. The number of rotatable bonds is 6. The molecule has 0 radical (unpaired) electrons. The Bertz CT molecular complexity index is 855. The molecule has 1 saturated heterocycles. The van der Waals surface area contributed by atoms with E-state index in [2.05, 4.69) is 25.3 Å². The zero-order chi connectivity index (χ0) is 23.8. The summed E-state index contributed by atoms with van der Waals surface area (Å²) < 4.78 is 4.55. The van der Waals surface area contributed by atoms with E-state index in [1.54, 1.807) is 13.8 Å². The fourth-order valence-corrected chi connectivity index (χ4v) is 3.20. The van der Waals surface area contributed by atoms with E-state index in [1.165, 1.54) is 0 Å². The minimum atomic E-state index is -1.01. The molecule has 1 fully saturated rings. The first-order valence-corrected chi connectivity index (χ1v) is 11.3. The number of halogens is 1. The van der Waals surface area contributed by atoms with E-state index >= 15 is 0 Å². The molecule has 0 unspecified atom stereocenters. The maximum atomic E-state index is 10.4. The molecule has 7 nitrogen and oxygen atoms in total. The van der Waals surface area contributed by atoms with E-state index in [9.17, 15) is 9.90 Å². The van der Waals surface area contributed by atoms with E-state index in [4.69, 9.17) is 11.6 Å². The lowest BCUT2D eigenvalue weighted by Gasteiger charge is -2.25. The molecule has 1 aromatic carbocycles. The number of carbonyl (C=O) groups excluding carboxylic acids is 1. The highest BCUT2D eigenvalue weighted by molar-refractivity contribution is 6.30. The van der Waals surface area contributed by atoms with E-state index in [0.29, 0.717) is 30.6 Å². The van der Waals surface area contributed by atoms with Gasteiger partial charge in [-0.15, -0.1) is 0 Å². The van der Waals surface area contributed by atoms with Crippen LogP contribution in [0.2, 0.25) is 5.02 Å². The monoisotopic (exact) mass is 462 g/mol. The lowest BCUT2D eigenvalue weighted by molar-refractivity contribution is -0.138. The summed E-state index contributed by atoms with van der Waals surface area (Å²) in [6, 6.07) is 9.98. The van der Waals surface area contributed by atoms with Gasteiger partial charge in [0.2, 0.25) is 5.95 Å². The number of piperidine rings is 1. The van der Waals surface area contributed by atoms with Gasteiger partial charge in [-0.05, 0) is 84.3 Å². The average molecular weight is 463 g/mol. The fourth-order valence-electron chi connectivity index (χ4n) is 3.07. The van der Waals surface area contributed by atoms with Crippen molar-refractivity contribution in [3.8, 4) is 0 Å². The van der Waals surface area contributed by atoms with Gasteiger partial charge in [-0.25, -0.2) is 9.97 Å². The van der Waals surface area contributed by atoms with Crippen molar-refractivity contribution >= 4 is 24.0 Å². The van der Waals surface area contributed by atoms with Crippen LogP contribution >= 0.6 is 11.6 Å². The molecule has 0 bridgehead atoms. The Morgan fingerprint density at radius 1 is 1.16 bits per heavy atom. The molecular formula is C24H35ClN4O3. The van der Waals surface area contributed by atoms with Crippen molar-refractivity contribution in [2.75, 3.05) is 18.4 Å². The summed E-state index contributed by atoms with van der Waals surface area (Å²) in [6.45, 7) is 11.4. The molecular weight excluding hydrogens is 428 g/mol. The highest BCUT2D eigenvalue weighted by Gasteiger charge is 2.21. The smallest absolute Gasteiger partial charge is 0.293 e. The SMILES string of the molecule is CC(C)(C)OC=O.CC(C)(O)c1cc(Cc2ccc(Cl)cc2)nc(NC2CCNCC2)n1. The minimum Gasteiger partial charge on any atom is -0.462 e. The minimum absolute atomic E-state index is 0.318. The van der Waals surface area contributed by atoms with Crippen LogP contribution in [0.5, 0.6) is 0 Å². The summed E-state index contributed by atoms with van der Waals surface area (Å²) in [6.07, 6.45) is 2.76. The standard InChI is InChI=1S/C19H25ClN4O.C5H10O2/c1-19(2,25)17-12-16(11-13-3-5-14(20)6-4-13)23-18(24-17)22-15-7-9-21-10-8-15;1-5(2,3)7-4-6/h3-6,12,15,21,25H,7-11H2,1-2H3,(H,22,23,24);4H,1-3H3. The second-order valence-electron chi connectivity index (χ2n) is 9.43. The molecule has 0 aliphatic carbocycles. The van der Waals surface area contributed by atoms with E-state index in [-0.39, 0.29) is 5.60 Å². The fraction of sp³-hybridized carbons (Fsp3) is 0.542. The first-order valence-electron chi connectivity index (χ1n) is 10.9. The van der Waals surface area contributed by atoms with Gasteiger partial charge in [0.1, 0.15) is 11.2 Å². The van der Waals surface area contributed by atoms with E-state index in [0.717, 1.165) is 42.2 Å². The average Bonchev–Trinajstić information content (AvgIpc) is 2.69. The van der Waals surface area contributed by atoms with E-state index < -0.39 is 5.60 Å². The van der Waals surface area contributed by atoms with Gasteiger partial charge in [0.05, 0.1) is 11.4 Å². The Hall–Kier alpha value is -2.22. The first kappa shape index (κ1) is 26.0. The maximum Gasteiger partial charge on any atom is 0.293 e. The zero-order valence-electron chi connectivity index (χ0n) is 19.6. The van der Waals surface area contributed by atoms with Crippen molar-refractivity contribution in [2.24, 2.45) is 0 Å². The topological polar surface area (TPSA) is 96.4 Å². The predicted molar refractivity (Wildman–Crippen MR) is 128 cm³/mol. The Morgan fingerprint density at radius 2 is 1.78 bits per heavy atom. The molecule has 0 saturated carbocycles. The highest BCUT2D eigenvalue weighted by atomic mass is 35.5. The molecule has 3 rings (SSSR count). The summed E-state index contributed by atoms with van der Waals surface area (Å²) in [4.78, 5) is 18.8. The molecule has 176 valence electrons. The molecule has 2 aromatic rings. The van der Waals surface area contributed by atoms with Crippen LogP contribution in [0, 0.1) is 0 Å². The van der Waals surface area contributed by atoms with Gasteiger partial charge in [-0.1, -0.05) is 23.7 Å². The van der Waals surface area contributed by atoms with Crippen molar-refractivity contribution in [1.82, 2.24) is 15.3 Å². The second kappa shape index (κ2) is 11.6. The third-order valence-electron chi connectivity index (χ3n) is 4.78. The number of anilines is 1. The summed E-state index contributed by atoms with van der Waals surface area (Å²) in [5.41, 5.74) is 1.30. The van der Waals surface area contributed by atoms with Gasteiger partial charge >= 0.3 is 0 Å². The number of hydrogen-bond donors (Lipinski definition) is 3. The summed E-state index contributed by atoms with van der Waals surface area (Å²) >= 11 is 5.96. The number of benzene rings is 1. The normalized spacial score (nSPS) is 14.8. The Labute approximate surface area is 196 Å². The van der Waals surface area contributed by atoms with Gasteiger partial charge < -0.3 is 20.5 Å². The molecule has 0 atom stereocenters. The number of aliphatic hydroxyl groups is 1. The third kappa shape index (κ3) is 9.51. The molecule has 1 aromatic heterocycles. The Balaban J connectivity index is 0.000000451. The molecule has 8 heteroatoms. The van der Waals surface area contributed by atoms with Gasteiger partial charge in [-0.3, -0.25) is 4.79 Å². The van der Waals surface area contributed by atoms with Crippen molar-refractivity contribution in [2.45, 2.75) is 71.1 Å². The van der Waals surface area contributed by atoms with Gasteiger partial charge in [0.25, 0.3) is 6.47 Å². The van der Waals surface area contributed by atoms with Crippen molar-refractivity contribution in [3.63, 3.8) is 0 Å². The van der Waals surface area contributed by atoms with Crippen molar-refractivity contribution < 1.29 is 14.6 Å². The van der Waals surface area contributed by atoms with Crippen LogP contribution < -0.4 is 10.6 Å². The Morgan fingerprint density at radius 3 is 2.28 bits per heavy atom. The quantitative estimate of drug-likeness (QED) is 0.557. The Kier molecular flexibility index (Phi) is 9.43. The van der Waals surface area contributed by atoms with Crippen LogP contribution in [-0.2, 0) is 21.6 Å². The molecule has 32 heavy (non-hydrogen) atoms. The van der Waals surface area contributed by atoms with Crippen LogP contribution in [0.15, 0.2) is 30.3 Å². The highest BCUT2D eigenvalue weighted by Crippen LogP contribution is 2.22.